The Hall–Kier alpha value is -3.49. The molecule has 0 aliphatic carbocycles. The van der Waals surface area contributed by atoms with Gasteiger partial charge in [-0.25, -0.2) is 4.79 Å². The molecule has 9 nitrogen and oxygen atoms in total. The van der Waals surface area contributed by atoms with E-state index in [1.807, 2.05) is 0 Å². The molecule has 3 rings (SSSR count). The topological polar surface area (TPSA) is 113 Å². The second kappa shape index (κ2) is 8.26. The number of nitrogens with one attached hydrogen (secondary N) is 1. The van der Waals surface area contributed by atoms with Crippen molar-refractivity contribution in [1.82, 2.24) is 4.98 Å². The number of esters is 2. The lowest BCUT2D eigenvalue weighted by molar-refractivity contribution is -0.135. The number of benzene rings is 1. The number of hydrogen-bond acceptors (Lipinski definition) is 8. The number of ether oxygens (including phenoxy) is 5. The third-order valence-corrected chi connectivity index (χ3v) is 4.62. The van der Waals surface area contributed by atoms with E-state index in [1.54, 1.807) is 19.1 Å². The van der Waals surface area contributed by atoms with Gasteiger partial charge in [0, 0.05) is 17.7 Å². The highest BCUT2D eigenvalue weighted by molar-refractivity contribution is 5.94. The van der Waals surface area contributed by atoms with Gasteiger partial charge in [0.05, 0.1) is 39.9 Å². The van der Waals surface area contributed by atoms with Crippen molar-refractivity contribution in [3.05, 3.63) is 45.4 Å². The molecule has 1 aromatic heterocycles. The third-order valence-electron chi connectivity index (χ3n) is 4.62. The summed E-state index contributed by atoms with van der Waals surface area (Å²) in [6, 6.07) is 3.34. The van der Waals surface area contributed by atoms with Crippen molar-refractivity contribution in [2.75, 3.05) is 27.9 Å². The van der Waals surface area contributed by atoms with Crippen molar-refractivity contribution in [3.8, 4) is 23.0 Å². The first-order valence-corrected chi connectivity index (χ1v) is 8.88. The van der Waals surface area contributed by atoms with E-state index in [4.69, 9.17) is 23.7 Å². The molecule has 1 aliphatic rings. The van der Waals surface area contributed by atoms with E-state index in [1.165, 1.54) is 27.5 Å². The summed E-state index contributed by atoms with van der Waals surface area (Å²) in [5.74, 6) is -1.04. The van der Waals surface area contributed by atoms with Gasteiger partial charge in [-0.3, -0.25) is 9.59 Å². The molecule has 0 unspecified atom stereocenters. The Morgan fingerprint density at radius 3 is 2.48 bits per heavy atom. The molecular formula is C20H21NO8. The number of aromatic amines is 1. The number of carbonyl (C=O) groups excluding carboxylic acids is 2. The SMILES string of the molecule is CCOC(=O)c1c[nH]c(=O)c2c1OC(=O)C[C@@H]2c1ccc(OC)c(OC)c1OC. The Balaban J connectivity index is 2.25. The van der Waals surface area contributed by atoms with E-state index in [9.17, 15) is 14.4 Å². The van der Waals surface area contributed by atoms with E-state index in [0.29, 0.717) is 22.8 Å². The number of pyridine rings is 1. The zero-order valence-electron chi connectivity index (χ0n) is 16.5. The second-order valence-electron chi connectivity index (χ2n) is 6.15. The van der Waals surface area contributed by atoms with Gasteiger partial charge in [0.1, 0.15) is 5.56 Å². The Morgan fingerprint density at radius 1 is 1.14 bits per heavy atom. The second-order valence-corrected chi connectivity index (χ2v) is 6.15. The average molecular weight is 403 g/mol. The van der Waals surface area contributed by atoms with Gasteiger partial charge in [-0.15, -0.1) is 0 Å². The molecule has 29 heavy (non-hydrogen) atoms. The van der Waals surface area contributed by atoms with Crippen LogP contribution in [-0.4, -0.2) is 44.9 Å². The number of fused-ring (bicyclic) bond motifs is 1. The molecule has 154 valence electrons. The van der Waals surface area contributed by atoms with Crippen molar-refractivity contribution >= 4 is 11.9 Å². The molecule has 1 aromatic carbocycles. The van der Waals surface area contributed by atoms with Crippen molar-refractivity contribution < 1.29 is 33.3 Å². The predicted octanol–water partition coefficient (Wildman–Crippen LogP) is 2.02. The van der Waals surface area contributed by atoms with E-state index >= 15 is 0 Å². The first-order valence-electron chi connectivity index (χ1n) is 8.88. The molecular weight excluding hydrogens is 382 g/mol. The van der Waals surface area contributed by atoms with Gasteiger partial charge in [0.2, 0.25) is 5.75 Å². The van der Waals surface area contributed by atoms with Gasteiger partial charge >= 0.3 is 11.9 Å². The van der Waals surface area contributed by atoms with Crippen LogP contribution in [0, 0.1) is 0 Å². The van der Waals surface area contributed by atoms with Crippen molar-refractivity contribution in [2.45, 2.75) is 19.3 Å². The Kier molecular flexibility index (Phi) is 5.76. The van der Waals surface area contributed by atoms with Crippen LogP contribution in [0.25, 0.3) is 0 Å². The van der Waals surface area contributed by atoms with Crippen LogP contribution in [-0.2, 0) is 9.53 Å². The summed E-state index contributed by atoms with van der Waals surface area (Å²) in [5, 5.41) is 0. The molecule has 1 aliphatic heterocycles. The minimum absolute atomic E-state index is 0.0288. The lowest BCUT2D eigenvalue weighted by atomic mass is 9.85. The van der Waals surface area contributed by atoms with Gasteiger partial charge < -0.3 is 28.7 Å². The fourth-order valence-corrected chi connectivity index (χ4v) is 3.40. The van der Waals surface area contributed by atoms with E-state index in [-0.39, 0.29) is 29.9 Å². The summed E-state index contributed by atoms with van der Waals surface area (Å²) in [6.07, 6.45) is 1.06. The molecule has 0 saturated heterocycles. The van der Waals surface area contributed by atoms with Crippen LogP contribution in [0.1, 0.15) is 40.7 Å². The highest BCUT2D eigenvalue weighted by Crippen LogP contribution is 2.47. The smallest absolute Gasteiger partial charge is 0.343 e. The number of carbonyl (C=O) groups is 2. The molecule has 1 N–H and O–H groups in total. The van der Waals surface area contributed by atoms with E-state index in [0.717, 1.165) is 0 Å². The molecule has 0 radical (unpaired) electrons. The highest BCUT2D eigenvalue weighted by atomic mass is 16.6. The van der Waals surface area contributed by atoms with Crippen LogP contribution in [0.3, 0.4) is 0 Å². The molecule has 1 atom stereocenters. The van der Waals surface area contributed by atoms with Crippen LogP contribution in [0.5, 0.6) is 23.0 Å². The molecule has 9 heteroatoms. The van der Waals surface area contributed by atoms with E-state index in [2.05, 4.69) is 4.98 Å². The third kappa shape index (κ3) is 3.51. The molecule has 0 spiro atoms. The molecule has 2 aromatic rings. The first-order chi connectivity index (χ1) is 14.0. The number of methoxy groups -OCH3 is 3. The Morgan fingerprint density at radius 2 is 1.86 bits per heavy atom. The van der Waals surface area contributed by atoms with Gasteiger partial charge in [0.15, 0.2) is 17.2 Å². The minimum atomic E-state index is -0.723. The number of H-pyrrole nitrogens is 1. The van der Waals surface area contributed by atoms with Crippen molar-refractivity contribution in [2.24, 2.45) is 0 Å². The Bertz CT molecular complexity index is 1010. The largest absolute Gasteiger partial charge is 0.493 e. The molecule has 0 amide bonds. The molecule has 2 heterocycles. The summed E-state index contributed by atoms with van der Waals surface area (Å²) < 4.78 is 26.5. The monoisotopic (exact) mass is 403 g/mol. The lowest BCUT2D eigenvalue weighted by Gasteiger charge is -2.27. The Labute approximate surface area is 166 Å². The van der Waals surface area contributed by atoms with Crippen molar-refractivity contribution in [3.63, 3.8) is 0 Å². The predicted molar refractivity (Wildman–Crippen MR) is 101 cm³/mol. The first kappa shape index (κ1) is 20.2. The summed E-state index contributed by atoms with van der Waals surface area (Å²) in [5.41, 5.74) is 0.150. The van der Waals surface area contributed by atoms with Crippen LogP contribution < -0.4 is 24.5 Å². The van der Waals surface area contributed by atoms with Crippen molar-refractivity contribution in [1.29, 1.82) is 0 Å². The lowest BCUT2D eigenvalue weighted by Crippen LogP contribution is -2.30. The van der Waals surface area contributed by atoms with Crippen LogP contribution in [0.15, 0.2) is 23.1 Å². The quantitative estimate of drug-likeness (QED) is 0.729. The number of aromatic nitrogens is 1. The fourth-order valence-electron chi connectivity index (χ4n) is 3.40. The molecule has 0 bridgehead atoms. The summed E-state index contributed by atoms with van der Waals surface area (Å²) in [7, 11) is 4.39. The fraction of sp³-hybridized carbons (Fsp3) is 0.350. The summed E-state index contributed by atoms with van der Waals surface area (Å²) >= 11 is 0. The van der Waals surface area contributed by atoms with Gasteiger partial charge in [-0.2, -0.15) is 0 Å². The van der Waals surface area contributed by atoms with Gasteiger partial charge in [0.25, 0.3) is 5.56 Å². The summed E-state index contributed by atoms with van der Waals surface area (Å²) in [4.78, 5) is 39.8. The average Bonchev–Trinajstić information content (AvgIpc) is 2.72. The maximum absolute atomic E-state index is 12.7. The van der Waals surface area contributed by atoms with E-state index < -0.39 is 23.4 Å². The molecule has 0 fully saturated rings. The van der Waals surface area contributed by atoms with Gasteiger partial charge in [-0.1, -0.05) is 6.07 Å². The number of rotatable bonds is 6. The zero-order valence-corrected chi connectivity index (χ0v) is 16.5. The van der Waals surface area contributed by atoms with Crippen LogP contribution in [0.4, 0.5) is 0 Å². The maximum atomic E-state index is 12.7. The summed E-state index contributed by atoms with van der Waals surface area (Å²) in [6.45, 7) is 1.78. The standard InChI is InChI=1S/C20H21NO8/c1-5-28-20(24)12-9-21-19(23)15-11(8-14(22)29-16(12)15)10-6-7-13(25-2)18(27-4)17(10)26-3/h6-7,9,11H,5,8H2,1-4H3,(H,21,23)/t11-/m1/s1. The normalized spacial score (nSPS) is 15.2. The number of hydrogen-bond donors (Lipinski definition) is 1. The molecule has 0 saturated carbocycles. The maximum Gasteiger partial charge on any atom is 0.343 e. The minimum Gasteiger partial charge on any atom is -0.493 e. The van der Waals surface area contributed by atoms with Crippen LogP contribution >= 0.6 is 0 Å². The van der Waals surface area contributed by atoms with Gasteiger partial charge in [-0.05, 0) is 13.0 Å². The van der Waals surface area contributed by atoms with Crippen LogP contribution in [0.2, 0.25) is 0 Å². The zero-order chi connectivity index (χ0) is 21.1. The highest BCUT2D eigenvalue weighted by Gasteiger charge is 2.37.